The van der Waals surface area contributed by atoms with E-state index in [-0.39, 0.29) is 5.56 Å². The van der Waals surface area contributed by atoms with Gasteiger partial charge in [0.15, 0.2) is 0 Å². The Hall–Kier alpha value is -2.79. The predicted octanol–water partition coefficient (Wildman–Crippen LogP) is 2.97. The second-order valence-corrected chi connectivity index (χ2v) is 4.24. The minimum atomic E-state index is -0.0859. The Morgan fingerprint density at radius 2 is 1.63 bits per heavy atom. The summed E-state index contributed by atoms with van der Waals surface area (Å²) in [6.07, 6.45) is 5.54. The third-order valence-electron chi connectivity index (χ3n) is 3.09. The van der Waals surface area contributed by atoms with Crippen LogP contribution in [0.5, 0.6) is 0 Å². The fourth-order valence-corrected chi connectivity index (χ4v) is 2.20. The van der Waals surface area contributed by atoms with Crippen molar-refractivity contribution in [3.05, 3.63) is 76.7 Å². The van der Waals surface area contributed by atoms with Crippen LogP contribution in [-0.4, -0.2) is 4.57 Å². The molecule has 1 aromatic heterocycles. The van der Waals surface area contributed by atoms with E-state index in [1.54, 1.807) is 4.57 Å². The van der Waals surface area contributed by atoms with Crippen LogP contribution in [0.2, 0.25) is 0 Å². The number of hydrogen-bond acceptors (Lipinski definition) is 1. The van der Waals surface area contributed by atoms with E-state index in [2.05, 4.69) is 5.92 Å². The predicted molar refractivity (Wildman–Crippen MR) is 77.5 cm³/mol. The molecule has 0 aliphatic carbocycles. The molecule has 90 valence electrons. The van der Waals surface area contributed by atoms with E-state index >= 15 is 0 Å². The van der Waals surface area contributed by atoms with Gasteiger partial charge in [0.2, 0.25) is 0 Å². The van der Waals surface area contributed by atoms with Crippen LogP contribution in [0.25, 0.3) is 16.5 Å². The highest BCUT2D eigenvalue weighted by molar-refractivity contribution is 5.83. The fraction of sp³-hybridized carbons (Fsp3) is 0. The van der Waals surface area contributed by atoms with Crippen LogP contribution < -0.4 is 5.56 Å². The molecule has 0 unspecified atom stereocenters. The Morgan fingerprint density at radius 3 is 2.37 bits per heavy atom. The van der Waals surface area contributed by atoms with Crippen LogP contribution in [0.3, 0.4) is 0 Å². The molecule has 0 radical (unpaired) electrons. The van der Waals surface area contributed by atoms with Gasteiger partial charge in [0, 0.05) is 11.1 Å². The first-order valence-corrected chi connectivity index (χ1v) is 5.98. The molecule has 0 aliphatic heterocycles. The maximum atomic E-state index is 12.6. The number of para-hydroxylation sites is 1. The summed E-state index contributed by atoms with van der Waals surface area (Å²) < 4.78 is 1.57. The van der Waals surface area contributed by atoms with Gasteiger partial charge in [0.25, 0.3) is 5.56 Å². The molecule has 19 heavy (non-hydrogen) atoms. The SMILES string of the molecule is C#Cc1cc2ccccc2c(=O)n1-c1ccccc1. The van der Waals surface area contributed by atoms with Crippen LogP contribution in [0.4, 0.5) is 0 Å². The highest BCUT2D eigenvalue weighted by Crippen LogP contribution is 2.15. The van der Waals surface area contributed by atoms with Crippen molar-refractivity contribution >= 4 is 10.8 Å². The molecule has 0 saturated heterocycles. The fourth-order valence-electron chi connectivity index (χ4n) is 2.20. The van der Waals surface area contributed by atoms with Crippen molar-refractivity contribution in [2.45, 2.75) is 0 Å². The largest absolute Gasteiger partial charge is 0.269 e. The number of terminal acetylenes is 1. The molecule has 2 aromatic carbocycles. The van der Waals surface area contributed by atoms with Gasteiger partial charge in [-0.1, -0.05) is 42.3 Å². The summed E-state index contributed by atoms with van der Waals surface area (Å²) in [6.45, 7) is 0. The van der Waals surface area contributed by atoms with Crippen LogP contribution in [-0.2, 0) is 0 Å². The van der Waals surface area contributed by atoms with Crippen LogP contribution in [0.15, 0.2) is 65.5 Å². The molecule has 0 N–H and O–H groups in total. The average Bonchev–Trinajstić information content (AvgIpc) is 2.48. The van der Waals surface area contributed by atoms with Gasteiger partial charge < -0.3 is 0 Å². The van der Waals surface area contributed by atoms with Crippen molar-refractivity contribution in [2.24, 2.45) is 0 Å². The average molecular weight is 245 g/mol. The van der Waals surface area contributed by atoms with Crippen molar-refractivity contribution < 1.29 is 0 Å². The van der Waals surface area contributed by atoms with E-state index in [1.165, 1.54) is 0 Å². The zero-order chi connectivity index (χ0) is 13.2. The number of fused-ring (bicyclic) bond motifs is 1. The monoisotopic (exact) mass is 245 g/mol. The number of nitrogens with zero attached hydrogens (tertiary/aromatic N) is 1. The topological polar surface area (TPSA) is 22.0 Å². The summed E-state index contributed by atoms with van der Waals surface area (Å²) in [7, 11) is 0. The molecule has 2 heteroatoms. The minimum Gasteiger partial charge on any atom is -0.269 e. The van der Waals surface area contributed by atoms with Gasteiger partial charge in [-0.25, -0.2) is 0 Å². The van der Waals surface area contributed by atoms with Gasteiger partial charge in [-0.3, -0.25) is 9.36 Å². The van der Waals surface area contributed by atoms with Crippen molar-refractivity contribution in [1.82, 2.24) is 4.57 Å². The summed E-state index contributed by atoms with van der Waals surface area (Å²) in [6, 6.07) is 18.8. The summed E-state index contributed by atoms with van der Waals surface area (Å²) in [5, 5.41) is 1.54. The highest BCUT2D eigenvalue weighted by atomic mass is 16.1. The van der Waals surface area contributed by atoms with Gasteiger partial charge in [0.05, 0.1) is 5.69 Å². The molecule has 3 aromatic rings. The van der Waals surface area contributed by atoms with Gasteiger partial charge >= 0.3 is 0 Å². The molecule has 1 heterocycles. The minimum absolute atomic E-state index is 0.0859. The molecular formula is C17H11NO. The summed E-state index contributed by atoms with van der Waals surface area (Å²) in [4.78, 5) is 12.6. The first-order valence-electron chi connectivity index (χ1n) is 5.98. The van der Waals surface area contributed by atoms with Crippen LogP contribution in [0, 0.1) is 12.3 Å². The van der Waals surface area contributed by atoms with E-state index in [0.29, 0.717) is 11.1 Å². The van der Waals surface area contributed by atoms with Crippen molar-refractivity contribution in [3.63, 3.8) is 0 Å². The molecule has 0 spiro atoms. The number of pyridine rings is 1. The molecule has 0 amide bonds. The zero-order valence-electron chi connectivity index (χ0n) is 10.2. The van der Waals surface area contributed by atoms with Crippen molar-refractivity contribution in [1.29, 1.82) is 0 Å². The Balaban J connectivity index is 2.45. The van der Waals surface area contributed by atoms with Crippen molar-refractivity contribution in [2.75, 3.05) is 0 Å². The Morgan fingerprint density at radius 1 is 0.947 bits per heavy atom. The summed E-state index contributed by atoms with van der Waals surface area (Å²) in [5.41, 5.74) is 1.26. The van der Waals surface area contributed by atoms with E-state index in [9.17, 15) is 4.79 Å². The van der Waals surface area contributed by atoms with E-state index in [0.717, 1.165) is 11.1 Å². The summed E-state index contributed by atoms with van der Waals surface area (Å²) >= 11 is 0. The van der Waals surface area contributed by atoms with E-state index in [4.69, 9.17) is 6.42 Å². The lowest BCUT2D eigenvalue weighted by Gasteiger charge is -2.10. The van der Waals surface area contributed by atoms with Crippen molar-refractivity contribution in [3.8, 4) is 18.0 Å². The molecule has 3 rings (SSSR count). The number of rotatable bonds is 1. The summed E-state index contributed by atoms with van der Waals surface area (Å²) in [5.74, 6) is 2.59. The second-order valence-electron chi connectivity index (χ2n) is 4.24. The van der Waals surface area contributed by atoms with Crippen LogP contribution in [0.1, 0.15) is 5.69 Å². The van der Waals surface area contributed by atoms with Gasteiger partial charge in [-0.15, -0.1) is 6.42 Å². The second kappa shape index (κ2) is 4.47. The molecule has 0 atom stereocenters. The lowest BCUT2D eigenvalue weighted by atomic mass is 10.1. The first-order chi connectivity index (χ1) is 9.31. The van der Waals surface area contributed by atoms with E-state index < -0.39 is 0 Å². The number of benzene rings is 2. The molecular weight excluding hydrogens is 234 g/mol. The maximum absolute atomic E-state index is 12.6. The highest BCUT2D eigenvalue weighted by Gasteiger charge is 2.08. The Bertz CT molecular complexity index is 839. The molecule has 0 saturated carbocycles. The molecule has 2 nitrogen and oxygen atoms in total. The Kier molecular flexibility index (Phi) is 2.66. The van der Waals surface area contributed by atoms with Crippen LogP contribution >= 0.6 is 0 Å². The smallest absolute Gasteiger partial charge is 0.263 e. The quantitative estimate of drug-likeness (QED) is 0.604. The lowest BCUT2D eigenvalue weighted by molar-refractivity contribution is 0.989. The van der Waals surface area contributed by atoms with E-state index in [1.807, 2.05) is 60.7 Å². The van der Waals surface area contributed by atoms with Gasteiger partial charge in [-0.05, 0) is 29.7 Å². The third kappa shape index (κ3) is 1.82. The molecule has 0 bridgehead atoms. The standard InChI is InChI=1S/C17H11NO/c1-2-14-12-13-8-6-7-11-16(13)17(19)18(14)15-9-4-3-5-10-15/h1,3-12H. The lowest BCUT2D eigenvalue weighted by Crippen LogP contribution is -2.20. The number of hydrogen-bond donors (Lipinski definition) is 0. The Labute approximate surface area is 110 Å². The normalized spacial score (nSPS) is 10.3. The van der Waals surface area contributed by atoms with Gasteiger partial charge in [0.1, 0.15) is 0 Å². The number of aromatic nitrogens is 1. The maximum Gasteiger partial charge on any atom is 0.263 e. The third-order valence-corrected chi connectivity index (χ3v) is 3.09. The molecule has 0 fully saturated rings. The molecule has 0 aliphatic rings. The van der Waals surface area contributed by atoms with Gasteiger partial charge in [-0.2, -0.15) is 0 Å². The zero-order valence-corrected chi connectivity index (χ0v) is 10.2. The first kappa shape index (κ1) is 11.3.